The molecule has 182 valence electrons. The molecular weight excluding hydrogens is 454 g/mol. The van der Waals surface area contributed by atoms with Crippen molar-refractivity contribution in [1.29, 1.82) is 10.5 Å². The van der Waals surface area contributed by atoms with Crippen LogP contribution in [0.25, 0.3) is 0 Å². The lowest BCUT2D eigenvalue weighted by atomic mass is 10.1. The average Bonchev–Trinajstić information content (AvgIpc) is 3.09. The summed E-state index contributed by atoms with van der Waals surface area (Å²) in [5, 5.41) is 26.0. The molecule has 1 aliphatic heterocycles. The summed E-state index contributed by atoms with van der Waals surface area (Å²) < 4.78 is 0. The maximum absolute atomic E-state index is 12.9. The van der Waals surface area contributed by atoms with Crippen LogP contribution in [0.4, 0.5) is 11.4 Å². The van der Waals surface area contributed by atoms with Gasteiger partial charge in [0.2, 0.25) is 17.7 Å². The molecule has 1 heterocycles. The van der Waals surface area contributed by atoms with Gasteiger partial charge in [0, 0.05) is 30.9 Å². The molecule has 0 spiro atoms. The summed E-state index contributed by atoms with van der Waals surface area (Å²) in [6, 6.07) is 11.2. The highest BCUT2D eigenvalue weighted by molar-refractivity contribution is 8.01. The van der Waals surface area contributed by atoms with Crippen LogP contribution in [0.15, 0.2) is 24.3 Å². The lowest BCUT2D eigenvalue weighted by molar-refractivity contribution is -0.131. The van der Waals surface area contributed by atoms with E-state index in [1.165, 1.54) is 11.8 Å². The summed E-state index contributed by atoms with van der Waals surface area (Å²) in [5.74, 6) is -1.51. The van der Waals surface area contributed by atoms with E-state index in [2.05, 4.69) is 16.0 Å². The summed E-state index contributed by atoms with van der Waals surface area (Å²) in [7, 11) is 3.66. The second-order valence-electron chi connectivity index (χ2n) is 8.08. The zero-order chi connectivity index (χ0) is 25.1. The van der Waals surface area contributed by atoms with Crippen molar-refractivity contribution < 1.29 is 14.4 Å². The average molecular weight is 486 g/mol. The van der Waals surface area contributed by atoms with Crippen LogP contribution in [0, 0.1) is 28.6 Å². The summed E-state index contributed by atoms with van der Waals surface area (Å²) >= 11 is 1.47. The van der Waals surface area contributed by atoms with Crippen molar-refractivity contribution in [1.82, 2.24) is 15.1 Å². The van der Waals surface area contributed by atoms with Gasteiger partial charge in [0.15, 0.2) is 0 Å². The van der Waals surface area contributed by atoms with Crippen molar-refractivity contribution in [3.63, 3.8) is 0 Å². The van der Waals surface area contributed by atoms with Gasteiger partial charge in [0.25, 0.3) is 0 Å². The van der Waals surface area contributed by atoms with E-state index in [0.717, 1.165) is 5.69 Å². The molecule has 2 rings (SSSR count). The number of hydrogen-bond acceptors (Lipinski definition) is 8. The Morgan fingerprint density at radius 2 is 2.00 bits per heavy atom. The number of nitrogens with one attached hydrogen (secondary N) is 3. The zero-order valence-corrected chi connectivity index (χ0v) is 20.5. The van der Waals surface area contributed by atoms with Crippen molar-refractivity contribution in [3.05, 3.63) is 24.3 Å². The number of nitrogens with zero attached hydrogens (tertiary/aromatic N) is 4. The molecule has 10 nitrogen and oxygen atoms in total. The minimum atomic E-state index is -0.921. The fourth-order valence-electron chi connectivity index (χ4n) is 3.59. The van der Waals surface area contributed by atoms with Crippen LogP contribution in [0.3, 0.4) is 0 Å². The molecule has 1 fully saturated rings. The molecule has 1 aromatic carbocycles. The topological polar surface area (TPSA) is 141 Å². The van der Waals surface area contributed by atoms with Crippen molar-refractivity contribution >= 4 is 40.9 Å². The van der Waals surface area contributed by atoms with Gasteiger partial charge >= 0.3 is 0 Å². The number of likely N-dealkylation sites (N-methyl/N-ethyl adjacent to an activating group) is 1. The first-order chi connectivity index (χ1) is 16.3. The Hall–Kier alpha value is -3.28. The maximum atomic E-state index is 12.9. The lowest BCUT2D eigenvalue weighted by Gasteiger charge is -2.23. The highest BCUT2D eigenvalue weighted by Crippen LogP contribution is 2.36. The molecule has 3 unspecified atom stereocenters. The number of anilines is 2. The monoisotopic (exact) mass is 485 g/mol. The van der Waals surface area contributed by atoms with Crippen LogP contribution in [-0.2, 0) is 14.4 Å². The van der Waals surface area contributed by atoms with Crippen LogP contribution in [0.1, 0.15) is 19.8 Å². The first kappa shape index (κ1) is 27.0. The molecule has 0 aliphatic carbocycles. The molecule has 0 bridgehead atoms. The zero-order valence-electron chi connectivity index (χ0n) is 19.7. The van der Waals surface area contributed by atoms with Gasteiger partial charge < -0.3 is 25.8 Å². The van der Waals surface area contributed by atoms with Gasteiger partial charge in [-0.3, -0.25) is 14.4 Å². The Kier molecular flexibility index (Phi) is 10.7. The summed E-state index contributed by atoms with van der Waals surface area (Å²) in [4.78, 5) is 40.4. The van der Waals surface area contributed by atoms with E-state index in [-0.39, 0.29) is 35.4 Å². The van der Waals surface area contributed by atoms with E-state index in [0.29, 0.717) is 31.7 Å². The van der Waals surface area contributed by atoms with Crippen molar-refractivity contribution in [2.24, 2.45) is 5.92 Å². The second kappa shape index (κ2) is 13.4. The van der Waals surface area contributed by atoms with Gasteiger partial charge in [-0.25, -0.2) is 0 Å². The first-order valence-electron chi connectivity index (χ1n) is 11.1. The quantitative estimate of drug-likeness (QED) is 0.378. The molecule has 11 heteroatoms. The molecule has 34 heavy (non-hydrogen) atoms. The number of thioether (sulfide) groups is 1. The SMILES string of the molecule is CCN1C(=O)C(CCNc2cccc(NC(=O)CN(C)C)c2)SC1CC(C#N)C(=O)NCC#N. The third-order valence-electron chi connectivity index (χ3n) is 5.16. The standard InChI is InChI=1S/C23H31N7O3S/c1-4-30-21(12-16(14-25)22(32)27-11-9-24)34-19(23(30)33)8-10-26-17-6-5-7-18(13-17)28-20(31)15-29(2)3/h5-7,13,16,19,21,26H,4,8,10-12,15H2,1-3H3,(H,27,32)(H,28,31). The van der Waals surface area contributed by atoms with Crippen LogP contribution >= 0.6 is 11.8 Å². The van der Waals surface area contributed by atoms with Crippen LogP contribution in [0.2, 0.25) is 0 Å². The molecule has 3 atom stereocenters. The van der Waals surface area contributed by atoms with Gasteiger partial charge in [-0.2, -0.15) is 10.5 Å². The van der Waals surface area contributed by atoms with E-state index in [9.17, 15) is 19.6 Å². The summed E-state index contributed by atoms with van der Waals surface area (Å²) in [6.45, 7) is 3.06. The lowest BCUT2D eigenvalue weighted by Crippen LogP contribution is -2.38. The third kappa shape index (κ3) is 7.94. The van der Waals surface area contributed by atoms with Crippen LogP contribution < -0.4 is 16.0 Å². The molecule has 0 saturated carbocycles. The largest absolute Gasteiger partial charge is 0.385 e. The molecular formula is C23H31N7O3S. The number of hydrogen-bond donors (Lipinski definition) is 3. The summed E-state index contributed by atoms with van der Waals surface area (Å²) in [5.41, 5.74) is 1.53. The molecule has 0 aromatic heterocycles. The molecule has 3 amide bonds. The van der Waals surface area contributed by atoms with Crippen molar-refractivity contribution in [2.75, 3.05) is 50.9 Å². The minimum absolute atomic E-state index is 0.00174. The van der Waals surface area contributed by atoms with E-state index in [1.807, 2.05) is 57.4 Å². The van der Waals surface area contributed by atoms with E-state index >= 15 is 0 Å². The minimum Gasteiger partial charge on any atom is -0.385 e. The molecule has 1 aromatic rings. The van der Waals surface area contributed by atoms with Gasteiger partial charge in [0.05, 0.1) is 29.3 Å². The fourth-order valence-corrected chi connectivity index (χ4v) is 5.18. The molecule has 1 saturated heterocycles. The highest BCUT2D eigenvalue weighted by atomic mass is 32.2. The summed E-state index contributed by atoms with van der Waals surface area (Å²) in [6.07, 6.45) is 0.794. The van der Waals surface area contributed by atoms with Crippen LogP contribution in [0.5, 0.6) is 0 Å². The van der Waals surface area contributed by atoms with Gasteiger partial charge in [-0.1, -0.05) is 6.07 Å². The van der Waals surface area contributed by atoms with E-state index in [4.69, 9.17) is 5.26 Å². The number of amides is 3. The first-order valence-corrected chi connectivity index (χ1v) is 12.0. The van der Waals surface area contributed by atoms with Crippen molar-refractivity contribution in [2.45, 2.75) is 30.4 Å². The predicted molar refractivity (Wildman–Crippen MR) is 132 cm³/mol. The van der Waals surface area contributed by atoms with Gasteiger partial charge in [-0.05, 0) is 45.6 Å². The molecule has 3 N–H and O–H groups in total. The Morgan fingerprint density at radius 3 is 2.65 bits per heavy atom. The Bertz CT molecular complexity index is 957. The number of benzene rings is 1. The number of carbonyl (C=O) groups excluding carboxylic acids is 3. The van der Waals surface area contributed by atoms with Gasteiger partial charge in [-0.15, -0.1) is 11.8 Å². The fraction of sp³-hybridized carbons (Fsp3) is 0.522. The smallest absolute Gasteiger partial charge is 0.238 e. The highest BCUT2D eigenvalue weighted by Gasteiger charge is 2.40. The van der Waals surface area contributed by atoms with Gasteiger partial charge in [0.1, 0.15) is 12.5 Å². The van der Waals surface area contributed by atoms with E-state index < -0.39 is 11.8 Å². The molecule has 1 aliphatic rings. The predicted octanol–water partition coefficient (Wildman–Crippen LogP) is 1.45. The Labute approximate surface area is 204 Å². The number of rotatable bonds is 12. The number of nitriles is 2. The second-order valence-corrected chi connectivity index (χ2v) is 9.46. The normalized spacial score (nSPS) is 18.2. The van der Waals surface area contributed by atoms with E-state index in [1.54, 1.807) is 9.80 Å². The number of carbonyl (C=O) groups is 3. The Balaban J connectivity index is 1.91. The Morgan fingerprint density at radius 1 is 1.26 bits per heavy atom. The van der Waals surface area contributed by atoms with Crippen LogP contribution in [-0.4, -0.2) is 78.4 Å². The third-order valence-corrected chi connectivity index (χ3v) is 6.69. The molecule has 0 radical (unpaired) electrons. The van der Waals surface area contributed by atoms with Crippen molar-refractivity contribution in [3.8, 4) is 12.1 Å². The maximum Gasteiger partial charge on any atom is 0.238 e.